The predicted molar refractivity (Wildman–Crippen MR) is 125 cm³/mol. The number of nitrogen functional groups attached to an aromatic ring is 1. The number of fused-ring (bicyclic) bond motifs is 1. The van der Waals surface area contributed by atoms with Gasteiger partial charge >= 0.3 is 0 Å². The van der Waals surface area contributed by atoms with Crippen LogP contribution in [0.4, 0.5) is 17.2 Å². The molecule has 170 valence electrons. The summed E-state index contributed by atoms with van der Waals surface area (Å²) in [5, 5.41) is 13.1. The Morgan fingerprint density at radius 2 is 2.06 bits per heavy atom. The van der Waals surface area contributed by atoms with Crippen LogP contribution in [0.2, 0.25) is 0 Å². The van der Waals surface area contributed by atoms with Crippen molar-refractivity contribution in [2.24, 2.45) is 0 Å². The van der Waals surface area contributed by atoms with Gasteiger partial charge in [0.1, 0.15) is 0 Å². The fraction of sp³-hybridized carbons (Fsp3) is 0.333. The number of morpholine rings is 1. The van der Waals surface area contributed by atoms with E-state index in [-0.39, 0.29) is 11.5 Å². The van der Waals surface area contributed by atoms with Crippen molar-refractivity contribution >= 4 is 23.1 Å². The predicted octanol–water partition coefficient (Wildman–Crippen LogP) is 2.58. The average Bonchev–Trinajstić information content (AvgIpc) is 2.85. The molecule has 9 nitrogen and oxygen atoms in total. The number of carbonyl (C=O) groups excluding carboxylic acids is 1. The van der Waals surface area contributed by atoms with Gasteiger partial charge in [-0.05, 0) is 42.5 Å². The number of anilines is 3. The van der Waals surface area contributed by atoms with Gasteiger partial charge in [0, 0.05) is 24.8 Å². The number of aliphatic hydroxyl groups is 1. The number of hydrogen-bond acceptors (Lipinski definition) is 8. The first kappa shape index (κ1) is 21.3. The lowest BCUT2D eigenvalue weighted by atomic mass is 9.88. The highest BCUT2D eigenvalue weighted by Gasteiger charge is 2.21. The second kappa shape index (κ2) is 9.13. The number of amides is 1. The molecular formula is C24H26N6O3. The van der Waals surface area contributed by atoms with Gasteiger partial charge < -0.3 is 25.8 Å². The topological polar surface area (TPSA) is 126 Å². The van der Waals surface area contributed by atoms with Gasteiger partial charge in [0.25, 0.3) is 5.91 Å². The van der Waals surface area contributed by atoms with Crippen LogP contribution in [0.15, 0.2) is 42.9 Å². The Labute approximate surface area is 191 Å². The van der Waals surface area contributed by atoms with E-state index in [1.54, 1.807) is 18.6 Å². The summed E-state index contributed by atoms with van der Waals surface area (Å²) in [6.45, 7) is 2.73. The first-order valence-corrected chi connectivity index (χ1v) is 11.1. The van der Waals surface area contributed by atoms with Crippen molar-refractivity contribution in [3.63, 3.8) is 0 Å². The third kappa shape index (κ3) is 4.37. The number of rotatable bonds is 4. The lowest BCUT2D eigenvalue weighted by Gasteiger charge is -2.30. The van der Waals surface area contributed by atoms with Crippen LogP contribution in [0.3, 0.4) is 0 Å². The van der Waals surface area contributed by atoms with Gasteiger partial charge in [0.05, 0.1) is 48.8 Å². The summed E-state index contributed by atoms with van der Waals surface area (Å²) in [5.74, 6) is -0.390. The maximum Gasteiger partial charge on any atom is 0.278 e. The molecule has 3 aromatic rings. The van der Waals surface area contributed by atoms with Crippen LogP contribution in [0.25, 0.3) is 11.3 Å². The highest BCUT2D eigenvalue weighted by Crippen LogP contribution is 2.32. The van der Waals surface area contributed by atoms with Crippen molar-refractivity contribution in [3.05, 3.63) is 59.7 Å². The number of ether oxygens (including phenoxy) is 1. The van der Waals surface area contributed by atoms with E-state index >= 15 is 0 Å². The summed E-state index contributed by atoms with van der Waals surface area (Å²) in [6, 6.07) is 7.70. The van der Waals surface area contributed by atoms with Gasteiger partial charge in [-0.3, -0.25) is 9.78 Å². The molecule has 1 aliphatic carbocycles. The van der Waals surface area contributed by atoms with Gasteiger partial charge in [0.2, 0.25) is 0 Å². The van der Waals surface area contributed by atoms with Crippen LogP contribution in [-0.4, -0.2) is 52.3 Å². The average molecular weight is 447 g/mol. The fourth-order valence-electron chi connectivity index (χ4n) is 4.40. The Balaban J connectivity index is 1.42. The number of carbonyl (C=O) groups is 1. The number of aromatic nitrogens is 3. The van der Waals surface area contributed by atoms with E-state index < -0.39 is 12.0 Å². The highest BCUT2D eigenvalue weighted by molar-refractivity contribution is 6.07. The minimum absolute atomic E-state index is 0.0569. The fourth-order valence-corrected chi connectivity index (χ4v) is 4.40. The lowest BCUT2D eigenvalue weighted by Crippen LogP contribution is -2.36. The second-order valence-corrected chi connectivity index (χ2v) is 8.26. The van der Waals surface area contributed by atoms with E-state index in [2.05, 4.69) is 25.2 Å². The molecule has 0 bridgehead atoms. The molecule has 1 aromatic carbocycles. The molecule has 3 heterocycles. The van der Waals surface area contributed by atoms with E-state index in [9.17, 15) is 9.90 Å². The number of pyridine rings is 1. The largest absolute Gasteiger partial charge is 0.388 e. The monoisotopic (exact) mass is 446 g/mol. The van der Waals surface area contributed by atoms with Gasteiger partial charge in [-0.15, -0.1) is 0 Å². The number of nitrogens with zero attached hydrogens (tertiary/aromatic N) is 4. The van der Waals surface area contributed by atoms with Crippen molar-refractivity contribution in [3.8, 4) is 11.3 Å². The summed E-state index contributed by atoms with van der Waals surface area (Å²) in [7, 11) is 0. The first-order valence-electron chi connectivity index (χ1n) is 11.1. The molecule has 1 amide bonds. The molecule has 2 aromatic heterocycles. The number of benzene rings is 1. The molecule has 33 heavy (non-hydrogen) atoms. The molecule has 0 saturated carbocycles. The maximum atomic E-state index is 13.1. The van der Waals surface area contributed by atoms with E-state index in [1.807, 2.05) is 24.3 Å². The summed E-state index contributed by atoms with van der Waals surface area (Å²) in [5.41, 5.74) is 11.0. The smallest absolute Gasteiger partial charge is 0.278 e. The van der Waals surface area contributed by atoms with Crippen molar-refractivity contribution in [2.75, 3.05) is 42.3 Å². The third-order valence-electron chi connectivity index (χ3n) is 6.14. The van der Waals surface area contributed by atoms with Crippen LogP contribution < -0.4 is 16.0 Å². The van der Waals surface area contributed by atoms with E-state index in [1.165, 1.54) is 0 Å². The molecule has 2 aliphatic rings. The number of hydrogen-bond donors (Lipinski definition) is 3. The van der Waals surface area contributed by atoms with E-state index in [0.717, 1.165) is 54.7 Å². The van der Waals surface area contributed by atoms with Crippen LogP contribution in [0, 0.1) is 0 Å². The van der Waals surface area contributed by atoms with Crippen LogP contribution in [0.1, 0.15) is 40.6 Å². The molecule has 4 N–H and O–H groups in total. The van der Waals surface area contributed by atoms with Crippen LogP contribution in [0.5, 0.6) is 0 Å². The van der Waals surface area contributed by atoms with Crippen molar-refractivity contribution in [2.45, 2.75) is 25.4 Å². The van der Waals surface area contributed by atoms with Crippen molar-refractivity contribution in [1.82, 2.24) is 15.0 Å². The Morgan fingerprint density at radius 3 is 2.91 bits per heavy atom. The third-order valence-corrected chi connectivity index (χ3v) is 6.14. The first-order chi connectivity index (χ1) is 16.1. The highest BCUT2D eigenvalue weighted by atomic mass is 16.5. The normalized spacial score (nSPS) is 18.0. The zero-order valence-corrected chi connectivity index (χ0v) is 18.2. The number of nitrogens with two attached hydrogens (primary N) is 1. The Bertz CT molecular complexity index is 1180. The standard InChI is InChI=1S/C24H26N6O3/c25-23-22(24(32)29-19-13-26-7-6-20(19)30-8-10-33-11-9-30)28-18(14-27-23)16-4-5-17-15(12-16)2-1-3-21(17)31/h4-7,12-14,21,31H,1-3,8-11H2,(H2,25,27)(H,29,32). The summed E-state index contributed by atoms with van der Waals surface area (Å²) in [4.78, 5) is 28.2. The molecule has 5 rings (SSSR count). The van der Waals surface area contributed by atoms with E-state index in [0.29, 0.717) is 24.6 Å². The number of aryl methyl sites for hydroxylation is 1. The number of aliphatic hydroxyl groups excluding tert-OH is 1. The Hall–Kier alpha value is -3.56. The van der Waals surface area contributed by atoms with Gasteiger partial charge in [-0.1, -0.05) is 12.1 Å². The summed E-state index contributed by atoms with van der Waals surface area (Å²) in [6.07, 6.45) is 7.07. The second-order valence-electron chi connectivity index (χ2n) is 8.26. The maximum absolute atomic E-state index is 13.1. The van der Waals surface area contributed by atoms with Gasteiger partial charge in [-0.25, -0.2) is 9.97 Å². The minimum atomic E-state index is -0.447. The Kier molecular flexibility index (Phi) is 5.89. The molecule has 9 heteroatoms. The molecule has 1 fully saturated rings. The zero-order valence-electron chi connectivity index (χ0n) is 18.2. The van der Waals surface area contributed by atoms with Crippen molar-refractivity contribution in [1.29, 1.82) is 0 Å². The molecule has 1 unspecified atom stereocenters. The van der Waals surface area contributed by atoms with Crippen LogP contribution in [-0.2, 0) is 11.2 Å². The summed E-state index contributed by atoms with van der Waals surface area (Å²) < 4.78 is 5.43. The molecule has 0 spiro atoms. The van der Waals surface area contributed by atoms with Crippen LogP contribution >= 0.6 is 0 Å². The van der Waals surface area contributed by atoms with E-state index in [4.69, 9.17) is 10.5 Å². The SMILES string of the molecule is Nc1ncc(-c2ccc3c(c2)CCCC3O)nc1C(=O)Nc1cnccc1N1CCOCC1. The van der Waals surface area contributed by atoms with Crippen molar-refractivity contribution < 1.29 is 14.6 Å². The zero-order chi connectivity index (χ0) is 22.8. The molecule has 1 saturated heterocycles. The lowest BCUT2D eigenvalue weighted by molar-refractivity contribution is 0.102. The quantitative estimate of drug-likeness (QED) is 0.558. The molecule has 1 atom stereocenters. The molecular weight excluding hydrogens is 420 g/mol. The minimum Gasteiger partial charge on any atom is -0.388 e. The number of nitrogens with one attached hydrogen (secondary N) is 1. The van der Waals surface area contributed by atoms with Gasteiger partial charge in [0.15, 0.2) is 11.5 Å². The molecule has 0 radical (unpaired) electrons. The Morgan fingerprint density at radius 1 is 1.21 bits per heavy atom. The molecule has 1 aliphatic heterocycles. The summed E-state index contributed by atoms with van der Waals surface area (Å²) >= 11 is 0. The van der Waals surface area contributed by atoms with Gasteiger partial charge in [-0.2, -0.15) is 0 Å².